The highest BCUT2D eigenvalue weighted by Crippen LogP contribution is 2.40. The molecule has 27 heavy (non-hydrogen) atoms. The van der Waals surface area contributed by atoms with Crippen LogP contribution in [0.15, 0.2) is 48.5 Å². The molecule has 2 aromatic carbocycles. The van der Waals surface area contributed by atoms with Gasteiger partial charge in [-0.15, -0.1) is 0 Å². The van der Waals surface area contributed by atoms with Gasteiger partial charge in [-0.3, -0.25) is 4.79 Å². The molecule has 0 bridgehead atoms. The summed E-state index contributed by atoms with van der Waals surface area (Å²) in [5, 5.41) is 8.44. The van der Waals surface area contributed by atoms with Crippen LogP contribution in [0.3, 0.4) is 0 Å². The van der Waals surface area contributed by atoms with Crippen molar-refractivity contribution in [1.82, 2.24) is 16.0 Å². The van der Waals surface area contributed by atoms with Crippen LogP contribution in [-0.2, 0) is 0 Å². The van der Waals surface area contributed by atoms with E-state index in [1.54, 1.807) is 19.1 Å². The number of benzene rings is 2. The van der Waals surface area contributed by atoms with Gasteiger partial charge in [0.2, 0.25) is 0 Å². The summed E-state index contributed by atoms with van der Waals surface area (Å²) in [5.74, 6) is -0.294. The fourth-order valence-corrected chi connectivity index (χ4v) is 2.94. The summed E-state index contributed by atoms with van der Waals surface area (Å²) in [7, 11) is 0. The van der Waals surface area contributed by atoms with E-state index in [4.69, 9.17) is 0 Å². The summed E-state index contributed by atoms with van der Waals surface area (Å²) >= 11 is 0. The molecule has 3 N–H and O–H groups in total. The van der Waals surface area contributed by atoms with E-state index in [-0.39, 0.29) is 36.6 Å². The first-order valence-electron chi connectivity index (χ1n) is 9.18. The molecular formula is C21H24FN3O2. The Morgan fingerprint density at radius 3 is 2.44 bits per heavy atom. The van der Waals surface area contributed by atoms with E-state index < -0.39 is 5.82 Å². The van der Waals surface area contributed by atoms with Gasteiger partial charge in [0.25, 0.3) is 5.91 Å². The molecule has 3 amide bonds. The highest BCUT2D eigenvalue weighted by Gasteiger charge is 2.33. The molecule has 0 saturated heterocycles. The van der Waals surface area contributed by atoms with Crippen LogP contribution >= 0.6 is 0 Å². The van der Waals surface area contributed by atoms with Gasteiger partial charge >= 0.3 is 6.03 Å². The van der Waals surface area contributed by atoms with Crippen LogP contribution in [0.2, 0.25) is 0 Å². The van der Waals surface area contributed by atoms with Crippen molar-refractivity contribution in [3.05, 3.63) is 71.0 Å². The molecule has 5 nitrogen and oxygen atoms in total. The standard InChI is InChI=1S/C21H24FN3O2/c1-14-7-8-17(13-18(14)22)20(26)23-11-12-24-21(27)25-19(16-9-10-16)15-5-3-2-4-6-15/h2-8,13,16,19H,9-12H2,1H3,(H,23,26)(H2,24,25,27)/t19-/m1/s1. The Hall–Kier alpha value is -2.89. The molecule has 1 aliphatic carbocycles. The Balaban J connectivity index is 1.42. The average molecular weight is 369 g/mol. The molecule has 0 aliphatic heterocycles. The summed E-state index contributed by atoms with van der Waals surface area (Å²) in [4.78, 5) is 24.2. The highest BCUT2D eigenvalue weighted by molar-refractivity contribution is 5.94. The molecule has 0 heterocycles. The topological polar surface area (TPSA) is 70.2 Å². The van der Waals surface area contributed by atoms with Gasteiger partial charge in [-0.2, -0.15) is 0 Å². The first kappa shape index (κ1) is 18.9. The van der Waals surface area contributed by atoms with Crippen LogP contribution in [0.1, 0.15) is 40.4 Å². The second kappa shape index (κ2) is 8.66. The molecule has 3 rings (SSSR count). The maximum Gasteiger partial charge on any atom is 0.315 e. The van der Waals surface area contributed by atoms with Crippen molar-refractivity contribution in [2.24, 2.45) is 5.92 Å². The van der Waals surface area contributed by atoms with Crippen LogP contribution in [0, 0.1) is 18.7 Å². The smallest absolute Gasteiger partial charge is 0.315 e. The van der Waals surface area contributed by atoms with Crippen LogP contribution in [0.4, 0.5) is 9.18 Å². The predicted molar refractivity (Wildman–Crippen MR) is 102 cm³/mol. The highest BCUT2D eigenvalue weighted by atomic mass is 19.1. The van der Waals surface area contributed by atoms with E-state index in [2.05, 4.69) is 16.0 Å². The van der Waals surface area contributed by atoms with Gasteiger partial charge in [-0.05, 0) is 48.9 Å². The molecule has 1 fully saturated rings. The summed E-state index contributed by atoms with van der Waals surface area (Å²) in [6.45, 7) is 2.20. The third kappa shape index (κ3) is 5.29. The Morgan fingerprint density at radius 2 is 1.78 bits per heavy atom. The average Bonchev–Trinajstić information content (AvgIpc) is 3.51. The van der Waals surface area contributed by atoms with Crippen LogP contribution in [0.25, 0.3) is 0 Å². The number of carbonyl (C=O) groups excluding carboxylic acids is 2. The SMILES string of the molecule is Cc1ccc(C(=O)NCCNC(=O)N[C@H](c2ccccc2)C2CC2)cc1F. The molecule has 0 unspecified atom stereocenters. The van der Waals surface area contributed by atoms with Crippen LogP contribution in [-0.4, -0.2) is 25.0 Å². The molecule has 0 aromatic heterocycles. The van der Waals surface area contributed by atoms with E-state index in [9.17, 15) is 14.0 Å². The minimum Gasteiger partial charge on any atom is -0.350 e. The Kier molecular flexibility index (Phi) is 6.06. The van der Waals surface area contributed by atoms with Gasteiger partial charge in [-0.1, -0.05) is 36.4 Å². The summed E-state index contributed by atoms with van der Waals surface area (Å²) in [6.07, 6.45) is 2.23. The molecule has 2 aromatic rings. The zero-order valence-electron chi connectivity index (χ0n) is 15.3. The van der Waals surface area contributed by atoms with Gasteiger partial charge in [0, 0.05) is 18.7 Å². The lowest BCUT2D eigenvalue weighted by atomic mass is 10.0. The van der Waals surface area contributed by atoms with Gasteiger partial charge in [0.1, 0.15) is 5.82 Å². The van der Waals surface area contributed by atoms with Gasteiger partial charge in [-0.25, -0.2) is 9.18 Å². The lowest BCUT2D eigenvalue weighted by molar-refractivity contribution is 0.0953. The van der Waals surface area contributed by atoms with Crippen molar-refractivity contribution >= 4 is 11.9 Å². The summed E-state index contributed by atoms with van der Waals surface area (Å²) in [5.41, 5.74) is 1.86. The maximum absolute atomic E-state index is 13.5. The summed E-state index contributed by atoms with van der Waals surface area (Å²) in [6, 6.07) is 14.0. The molecule has 0 spiro atoms. The fourth-order valence-electron chi connectivity index (χ4n) is 2.94. The molecular weight excluding hydrogens is 345 g/mol. The minimum atomic E-state index is -0.410. The predicted octanol–water partition coefficient (Wildman–Crippen LogP) is 3.31. The maximum atomic E-state index is 13.5. The van der Waals surface area contributed by atoms with E-state index in [0.717, 1.165) is 18.4 Å². The van der Waals surface area contributed by atoms with Gasteiger partial charge < -0.3 is 16.0 Å². The number of nitrogens with one attached hydrogen (secondary N) is 3. The van der Waals surface area contributed by atoms with E-state index >= 15 is 0 Å². The number of rotatable bonds is 7. The molecule has 1 aliphatic rings. The van der Waals surface area contributed by atoms with Gasteiger partial charge in [0.15, 0.2) is 0 Å². The second-order valence-electron chi connectivity index (χ2n) is 6.85. The van der Waals surface area contributed by atoms with Crippen molar-refractivity contribution in [3.8, 4) is 0 Å². The van der Waals surface area contributed by atoms with E-state index in [0.29, 0.717) is 11.5 Å². The quantitative estimate of drug-likeness (QED) is 0.655. The first-order chi connectivity index (χ1) is 13.0. The molecule has 1 atom stereocenters. The number of urea groups is 1. The molecule has 0 radical (unpaired) electrons. The number of carbonyl (C=O) groups is 2. The van der Waals surface area contributed by atoms with Crippen molar-refractivity contribution in [2.75, 3.05) is 13.1 Å². The van der Waals surface area contributed by atoms with Crippen molar-refractivity contribution in [1.29, 1.82) is 0 Å². The number of aryl methyl sites for hydroxylation is 1. The first-order valence-corrected chi connectivity index (χ1v) is 9.18. The lowest BCUT2D eigenvalue weighted by Gasteiger charge is -2.19. The van der Waals surface area contributed by atoms with Crippen LogP contribution in [0.5, 0.6) is 0 Å². The second-order valence-corrected chi connectivity index (χ2v) is 6.85. The Morgan fingerprint density at radius 1 is 1.07 bits per heavy atom. The third-order valence-electron chi connectivity index (χ3n) is 4.67. The number of hydrogen-bond acceptors (Lipinski definition) is 2. The zero-order chi connectivity index (χ0) is 19.2. The Bertz CT molecular complexity index is 806. The van der Waals surface area contributed by atoms with E-state index in [1.807, 2.05) is 30.3 Å². The largest absolute Gasteiger partial charge is 0.350 e. The molecule has 6 heteroatoms. The monoisotopic (exact) mass is 369 g/mol. The normalized spacial score (nSPS) is 14.3. The number of hydrogen-bond donors (Lipinski definition) is 3. The molecule has 142 valence electrons. The zero-order valence-corrected chi connectivity index (χ0v) is 15.3. The number of halogens is 1. The summed E-state index contributed by atoms with van der Waals surface area (Å²) < 4.78 is 13.5. The van der Waals surface area contributed by atoms with Crippen molar-refractivity contribution in [2.45, 2.75) is 25.8 Å². The lowest BCUT2D eigenvalue weighted by Crippen LogP contribution is -2.42. The number of amides is 3. The molecule has 1 saturated carbocycles. The third-order valence-corrected chi connectivity index (χ3v) is 4.67. The van der Waals surface area contributed by atoms with Crippen molar-refractivity contribution < 1.29 is 14.0 Å². The fraction of sp³-hybridized carbons (Fsp3) is 0.333. The van der Waals surface area contributed by atoms with Crippen LogP contribution < -0.4 is 16.0 Å². The Labute approximate surface area is 158 Å². The van der Waals surface area contributed by atoms with E-state index in [1.165, 1.54) is 6.07 Å². The van der Waals surface area contributed by atoms with Crippen molar-refractivity contribution in [3.63, 3.8) is 0 Å². The minimum absolute atomic E-state index is 0.0105. The van der Waals surface area contributed by atoms with Gasteiger partial charge in [0.05, 0.1) is 6.04 Å².